The normalized spacial score (nSPS) is 29.8. The fourth-order valence-corrected chi connectivity index (χ4v) is 1.98. The Balaban J connectivity index is 2.53. The van der Waals surface area contributed by atoms with Gasteiger partial charge in [-0.2, -0.15) is 0 Å². The molecule has 158 valence electrons. The molecule has 1 aliphatic heterocycles. The molecule has 1 aliphatic rings. The second-order valence-electron chi connectivity index (χ2n) is 5.45. The number of carbonyl (C=O) groups excluding carboxylic acids is 4. The van der Waals surface area contributed by atoms with E-state index in [1.165, 1.54) is 0 Å². The quantitative estimate of drug-likeness (QED) is 0.166. The Bertz CT molecular complexity index is 628. The van der Waals surface area contributed by atoms with Crippen LogP contribution in [0, 0.1) is 0 Å². The molecule has 0 aromatic carbocycles. The second kappa shape index (κ2) is 10.1. The van der Waals surface area contributed by atoms with Crippen molar-refractivity contribution in [2.75, 3.05) is 6.61 Å². The van der Waals surface area contributed by atoms with Gasteiger partial charge in [0.2, 0.25) is 5.79 Å². The van der Waals surface area contributed by atoms with Gasteiger partial charge in [-0.25, -0.2) is 38.7 Å². The Hall–Kier alpha value is -2.62. The molecule has 14 nitrogen and oxygen atoms in total. The Morgan fingerprint density at radius 2 is 1.50 bits per heavy atom. The summed E-state index contributed by atoms with van der Waals surface area (Å²) in [5.74, 6) is -7.78. The molecule has 5 atom stereocenters. The maximum absolute atomic E-state index is 11.6. The van der Waals surface area contributed by atoms with Crippen LogP contribution in [-0.2, 0) is 43.5 Å². The molecular formula is C14H18O14. The van der Waals surface area contributed by atoms with Gasteiger partial charge in [-0.15, -0.1) is 0 Å². The summed E-state index contributed by atoms with van der Waals surface area (Å²) < 4.78 is 4.81. The van der Waals surface area contributed by atoms with Crippen molar-refractivity contribution in [1.82, 2.24) is 0 Å². The lowest BCUT2D eigenvalue weighted by Gasteiger charge is -2.44. The number of hydrogen-bond acceptors (Lipinski definition) is 14. The predicted octanol–water partition coefficient (Wildman–Crippen LogP) is -3.88. The number of carbonyl (C=O) groups is 4. The molecule has 0 aliphatic carbocycles. The first-order chi connectivity index (χ1) is 13.0. The molecule has 0 radical (unpaired) electrons. The molecule has 1 unspecified atom stereocenters. The molecule has 1 fully saturated rings. The average molecular weight is 410 g/mol. The number of aliphatic hydroxyl groups excluding tert-OH is 4. The lowest BCUT2D eigenvalue weighted by Crippen LogP contribution is -2.65. The third-order valence-electron chi connectivity index (χ3n) is 3.26. The van der Waals surface area contributed by atoms with Crippen molar-refractivity contribution in [1.29, 1.82) is 0 Å². The minimum Gasteiger partial charge on any atom is -0.394 e. The lowest BCUT2D eigenvalue weighted by atomic mass is 9.91. The van der Waals surface area contributed by atoms with Crippen LogP contribution in [0.25, 0.3) is 0 Å². The first-order valence-electron chi connectivity index (χ1n) is 7.54. The third-order valence-corrected chi connectivity index (χ3v) is 3.26. The summed E-state index contributed by atoms with van der Waals surface area (Å²) >= 11 is 0. The van der Waals surface area contributed by atoms with Gasteiger partial charge in [0.25, 0.3) is 0 Å². The third kappa shape index (κ3) is 6.52. The van der Waals surface area contributed by atoms with E-state index in [1.807, 2.05) is 0 Å². The molecule has 0 aromatic heterocycles. The Morgan fingerprint density at radius 3 is 2.00 bits per heavy atom. The molecule has 5 N–H and O–H groups in total. The molecule has 14 heteroatoms. The van der Waals surface area contributed by atoms with Crippen molar-refractivity contribution >= 4 is 23.9 Å². The zero-order valence-corrected chi connectivity index (χ0v) is 14.3. The molecule has 0 saturated carbocycles. The monoisotopic (exact) mass is 410 g/mol. The number of ether oxygens (including phenoxy) is 1. The Morgan fingerprint density at radius 1 is 0.964 bits per heavy atom. The van der Waals surface area contributed by atoms with Crippen LogP contribution in [0.5, 0.6) is 0 Å². The van der Waals surface area contributed by atoms with Crippen molar-refractivity contribution < 1.29 is 69.0 Å². The minimum absolute atomic E-state index is 0.446. The van der Waals surface area contributed by atoms with Gasteiger partial charge in [0.15, 0.2) is 0 Å². The van der Waals surface area contributed by atoms with Gasteiger partial charge in [-0.1, -0.05) is 0 Å². The molecule has 1 saturated heterocycles. The predicted molar refractivity (Wildman–Crippen MR) is 78.7 cm³/mol. The van der Waals surface area contributed by atoms with Crippen molar-refractivity contribution in [2.45, 2.75) is 43.5 Å². The van der Waals surface area contributed by atoms with Gasteiger partial charge < -0.3 is 30.3 Å². The largest absolute Gasteiger partial charge is 0.394 e. The number of rotatable bonds is 5. The molecule has 0 bridgehead atoms. The van der Waals surface area contributed by atoms with Gasteiger partial charge in [0, 0.05) is 19.1 Å². The summed E-state index contributed by atoms with van der Waals surface area (Å²) in [5.41, 5.74) is 0. The SMILES string of the molecule is CC(=O)OOC(=O)/C=C\C(=O)OOC(=O)CC1(O)O[C@H](CO)[C@@H](O)[C@H](O)[C@H]1O. The van der Waals surface area contributed by atoms with E-state index in [1.54, 1.807) is 0 Å². The molecule has 0 amide bonds. The molecule has 0 spiro atoms. The van der Waals surface area contributed by atoms with Crippen molar-refractivity contribution in [3.63, 3.8) is 0 Å². The van der Waals surface area contributed by atoms with Crippen LogP contribution in [0.4, 0.5) is 0 Å². The van der Waals surface area contributed by atoms with E-state index in [4.69, 9.17) is 9.84 Å². The van der Waals surface area contributed by atoms with E-state index < -0.39 is 67.1 Å². The summed E-state index contributed by atoms with van der Waals surface area (Å²) in [5, 5.41) is 48.1. The minimum atomic E-state index is -2.76. The average Bonchev–Trinajstić information content (AvgIpc) is 2.64. The van der Waals surface area contributed by atoms with Crippen LogP contribution in [0.15, 0.2) is 12.2 Å². The van der Waals surface area contributed by atoms with Crippen LogP contribution in [0.3, 0.4) is 0 Å². The topological polar surface area (TPSA) is 216 Å². The van der Waals surface area contributed by atoms with E-state index in [-0.39, 0.29) is 0 Å². The van der Waals surface area contributed by atoms with Gasteiger partial charge in [-0.05, 0) is 0 Å². The van der Waals surface area contributed by atoms with Gasteiger partial charge in [0.1, 0.15) is 30.8 Å². The zero-order valence-electron chi connectivity index (χ0n) is 14.3. The van der Waals surface area contributed by atoms with E-state index >= 15 is 0 Å². The highest BCUT2D eigenvalue weighted by atomic mass is 17.2. The molecule has 28 heavy (non-hydrogen) atoms. The van der Waals surface area contributed by atoms with E-state index in [9.17, 15) is 39.6 Å². The molecule has 1 heterocycles. The van der Waals surface area contributed by atoms with Crippen LogP contribution in [0.1, 0.15) is 13.3 Å². The second-order valence-corrected chi connectivity index (χ2v) is 5.45. The number of hydrogen-bond donors (Lipinski definition) is 5. The van der Waals surface area contributed by atoms with Crippen molar-refractivity contribution in [3.05, 3.63) is 12.2 Å². The van der Waals surface area contributed by atoms with Crippen LogP contribution >= 0.6 is 0 Å². The van der Waals surface area contributed by atoms with E-state index in [2.05, 4.69) is 19.6 Å². The highest BCUT2D eigenvalue weighted by molar-refractivity contribution is 5.91. The van der Waals surface area contributed by atoms with Crippen LogP contribution in [0.2, 0.25) is 0 Å². The lowest BCUT2D eigenvalue weighted by molar-refractivity contribution is -0.352. The summed E-state index contributed by atoms with van der Waals surface area (Å²) in [7, 11) is 0. The van der Waals surface area contributed by atoms with Gasteiger partial charge in [0.05, 0.1) is 6.61 Å². The maximum Gasteiger partial charge on any atom is 0.379 e. The fraction of sp³-hybridized carbons (Fsp3) is 0.571. The first kappa shape index (κ1) is 23.4. The van der Waals surface area contributed by atoms with Crippen molar-refractivity contribution in [2.24, 2.45) is 0 Å². The van der Waals surface area contributed by atoms with Gasteiger partial charge >= 0.3 is 23.9 Å². The molecule has 1 rings (SSSR count). The summed E-state index contributed by atoms with van der Waals surface area (Å²) in [6, 6.07) is 0. The molecular weight excluding hydrogens is 392 g/mol. The van der Waals surface area contributed by atoms with Gasteiger partial charge in [-0.3, -0.25) is 0 Å². The van der Waals surface area contributed by atoms with Crippen molar-refractivity contribution in [3.8, 4) is 0 Å². The maximum atomic E-state index is 11.6. The van der Waals surface area contributed by atoms with E-state index in [0.29, 0.717) is 12.2 Å². The fourth-order valence-electron chi connectivity index (χ4n) is 1.98. The highest BCUT2D eigenvalue weighted by Gasteiger charge is 2.54. The van der Waals surface area contributed by atoms with Crippen LogP contribution < -0.4 is 0 Å². The number of aliphatic hydroxyl groups is 5. The highest BCUT2D eigenvalue weighted by Crippen LogP contribution is 2.31. The Labute approximate surface area is 156 Å². The first-order valence-corrected chi connectivity index (χ1v) is 7.54. The zero-order chi connectivity index (χ0) is 21.5. The van der Waals surface area contributed by atoms with E-state index in [0.717, 1.165) is 6.92 Å². The molecule has 0 aromatic rings. The van der Waals surface area contributed by atoms with Crippen LogP contribution in [-0.4, -0.2) is 86.2 Å². The Kier molecular flexibility index (Phi) is 8.42. The standard InChI is InChI=1S/C14H18O14/c1-6(16)25-26-8(17)2-3-9(18)27-28-10(19)4-14(23)13(22)12(21)11(20)7(5-15)24-14/h2-3,7,11-13,15,20-23H,4-5H2,1H3/b3-2-/t7-,11-,12+,13-,14?/m1/s1. The summed E-state index contributed by atoms with van der Waals surface area (Å²) in [6.07, 6.45) is -7.64. The summed E-state index contributed by atoms with van der Waals surface area (Å²) in [6.45, 7) is 0.0968. The summed E-state index contributed by atoms with van der Waals surface area (Å²) in [4.78, 5) is 60.1. The smallest absolute Gasteiger partial charge is 0.379 e.